The maximum absolute atomic E-state index is 11.5. The molecule has 1 saturated heterocycles. The molecule has 1 heterocycles. The third kappa shape index (κ3) is 4.27. The maximum atomic E-state index is 11.5. The summed E-state index contributed by atoms with van der Waals surface area (Å²) in [7, 11) is -3.16. The Hall–Kier alpha value is -0.330. The summed E-state index contributed by atoms with van der Waals surface area (Å²) in [5.41, 5.74) is 0. The molecule has 94 valence electrons. The van der Waals surface area contributed by atoms with Crippen LogP contribution in [0.4, 0.5) is 0 Å². The summed E-state index contributed by atoms with van der Waals surface area (Å²) in [6.07, 6.45) is 2.43. The number of rotatable bonds is 3. The second-order valence-corrected chi connectivity index (χ2v) is 6.54. The molecule has 0 aliphatic carbocycles. The first-order valence-electron chi connectivity index (χ1n) is 5.20. The SMILES string of the molecule is CC(Cl)C(=O)N1CCC(NS(C)(=O)=O)CC1. The van der Waals surface area contributed by atoms with Gasteiger partial charge in [0.05, 0.1) is 6.26 Å². The van der Waals surface area contributed by atoms with Gasteiger partial charge in [-0.15, -0.1) is 11.6 Å². The highest BCUT2D eigenvalue weighted by Gasteiger charge is 2.26. The standard InChI is InChI=1S/C9H17ClN2O3S/c1-7(10)9(13)12-5-3-8(4-6-12)11-16(2,14)15/h7-8,11H,3-6H2,1-2H3. The van der Waals surface area contributed by atoms with Crippen molar-refractivity contribution in [3.8, 4) is 0 Å². The summed E-state index contributed by atoms with van der Waals surface area (Å²) in [5, 5.41) is -0.514. The van der Waals surface area contributed by atoms with Gasteiger partial charge in [-0.1, -0.05) is 0 Å². The smallest absolute Gasteiger partial charge is 0.240 e. The average Bonchev–Trinajstić information content (AvgIpc) is 2.15. The van der Waals surface area contributed by atoms with Crippen LogP contribution >= 0.6 is 11.6 Å². The second-order valence-electron chi connectivity index (χ2n) is 4.11. The highest BCUT2D eigenvalue weighted by molar-refractivity contribution is 7.88. The van der Waals surface area contributed by atoms with Gasteiger partial charge in [0.1, 0.15) is 5.38 Å². The van der Waals surface area contributed by atoms with Crippen molar-refractivity contribution in [1.82, 2.24) is 9.62 Å². The third-order valence-electron chi connectivity index (χ3n) is 2.53. The molecule has 0 saturated carbocycles. The Morgan fingerprint density at radius 3 is 2.31 bits per heavy atom. The van der Waals surface area contributed by atoms with Crippen LogP contribution in [-0.2, 0) is 14.8 Å². The molecule has 0 spiro atoms. The van der Waals surface area contributed by atoms with Crippen LogP contribution in [0.5, 0.6) is 0 Å². The predicted molar refractivity (Wildman–Crippen MR) is 62.9 cm³/mol. The molecule has 1 aliphatic rings. The fraction of sp³-hybridized carbons (Fsp3) is 0.889. The lowest BCUT2D eigenvalue weighted by Gasteiger charge is -2.32. The van der Waals surface area contributed by atoms with E-state index >= 15 is 0 Å². The zero-order chi connectivity index (χ0) is 12.3. The van der Waals surface area contributed by atoms with E-state index in [2.05, 4.69) is 4.72 Å². The van der Waals surface area contributed by atoms with Gasteiger partial charge in [0, 0.05) is 19.1 Å². The van der Waals surface area contributed by atoms with Crippen LogP contribution < -0.4 is 4.72 Å². The van der Waals surface area contributed by atoms with Gasteiger partial charge in [-0.25, -0.2) is 13.1 Å². The van der Waals surface area contributed by atoms with Gasteiger partial charge in [0.2, 0.25) is 15.9 Å². The van der Waals surface area contributed by atoms with Gasteiger partial charge in [-0.3, -0.25) is 4.79 Å². The van der Waals surface area contributed by atoms with Crippen molar-refractivity contribution >= 4 is 27.5 Å². The minimum atomic E-state index is -3.16. The van der Waals surface area contributed by atoms with Crippen molar-refractivity contribution < 1.29 is 13.2 Å². The van der Waals surface area contributed by atoms with Crippen LogP contribution in [0.3, 0.4) is 0 Å². The predicted octanol–water partition coefficient (Wildman–Crippen LogP) is 0.154. The summed E-state index contributed by atoms with van der Waals surface area (Å²) in [4.78, 5) is 13.2. The van der Waals surface area contributed by atoms with Gasteiger partial charge in [-0.2, -0.15) is 0 Å². The van der Waals surface area contributed by atoms with Crippen LogP contribution in [-0.4, -0.2) is 50.0 Å². The number of likely N-dealkylation sites (tertiary alicyclic amines) is 1. The first kappa shape index (κ1) is 13.7. The first-order chi connectivity index (χ1) is 7.29. The van der Waals surface area contributed by atoms with Gasteiger partial charge in [0.15, 0.2) is 0 Å². The normalized spacial score (nSPS) is 20.8. The van der Waals surface area contributed by atoms with Crippen LogP contribution in [0.2, 0.25) is 0 Å². The van der Waals surface area contributed by atoms with Gasteiger partial charge in [0.25, 0.3) is 0 Å². The van der Waals surface area contributed by atoms with Crippen molar-refractivity contribution in [2.24, 2.45) is 0 Å². The lowest BCUT2D eigenvalue weighted by Crippen LogP contribution is -2.47. The van der Waals surface area contributed by atoms with Crippen molar-refractivity contribution in [3.05, 3.63) is 0 Å². The summed E-state index contributed by atoms with van der Waals surface area (Å²) in [5.74, 6) is -0.0838. The zero-order valence-electron chi connectivity index (χ0n) is 9.44. The molecular formula is C9H17ClN2O3S. The van der Waals surface area contributed by atoms with Crippen molar-refractivity contribution in [2.45, 2.75) is 31.2 Å². The molecule has 16 heavy (non-hydrogen) atoms. The Labute approximate surface area is 101 Å². The summed E-state index contributed by atoms with van der Waals surface area (Å²) in [6.45, 7) is 2.76. The lowest BCUT2D eigenvalue weighted by molar-refractivity contribution is -0.131. The molecule has 1 atom stereocenters. The third-order valence-corrected chi connectivity index (χ3v) is 3.48. The molecule has 0 aromatic heterocycles. The molecule has 0 bridgehead atoms. The molecule has 5 nitrogen and oxygen atoms in total. The van der Waals surface area contributed by atoms with Crippen LogP contribution in [0.15, 0.2) is 0 Å². The molecule has 7 heteroatoms. The topological polar surface area (TPSA) is 66.5 Å². The molecular weight excluding hydrogens is 252 g/mol. The number of piperidine rings is 1. The van der Waals surface area contributed by atoms with Crippen molar-refractivity contribution in [3.63, 3.8) is 0 Å². The highest BCUT2D eigenvalue weighted by atomic mass is 35.5. The number of nitrogens with one attached hydrogen (secondary N) is 1. The molecule has 1 unspecified atom stereocenters. The fourth-order valence-electron chi connectivity index (χ4n) is 1.77. The van der Waals surface area contributed by atoms with E-state index in [1.165, 1.54) is 0 Å². The number of hydrogen-bond donors (Lipinski definition) is 1. The van der Waals surface area contributed by atoms with Gasteiger partial charge < -0.3 is 4.90 Å². The average molecular weight is 269 g/mol. The Balaban J connectivity index is 2.43. The van der Waals surface area contributed by atoms with E-state index < -0.39 is 15.4 Å². The summed E-state index contributed by atoms with van der Waals surface area (Å²) in [6, 6.07) is -0.0651. The highest BCUT2D eigenvalue weighted by Crippen LogP contribution is 2.13. The Bertz CT molecular complexity index is 348. The van der Waals surface area contributed by atoms with E-state index in [1.807, 2.05) is 0 Å². The van der Waals surface area contributed by atoms with E-state index in [1.54, 1.807) is 11.8 Å². The van der Waals surface area contributed by atoms with E-state index in [9.17, 15) is 13.2 Å². The number of nitrogens with zero attached hydrogens (tertiary/aromatic N) is 1. The molecule has 0 aromatic rings. The second kappa shape index (κ2) is 5.33. The molecule has 1 fully saturated rings. The minimum absolute atomic E-state index is 0.0651. The molecule has 0 aromatic carbocycles. The van der Waals surface area contributed by atoms with E-state index in [0.717, 1.165) is 6.26 Å². The van der Waals surface area contributed by atoms with E-state index in [0.29, 0.717) is 25.9 Å². The Morgan fingerprint density at radius 2 is 1.94 bits per heavy atom. The zero-order valence-corrected chi connectivity index (χ0v) is 11.0. The van der Waals surface area contributed by atoms with E-state index in [4.69, 9.17) is 11.6 Å². The largest absolute Gasteiger partial charge is 0.341 e. The van der Waals surface area contributed by atoms with Crippen LogP contribution in [0.1, 0.15) is 19.8 Å². The maximum Gasteiger partial charge on any atom is 0.240 e. The number of halogens is 1. The summed E-state index contributed by atoms with van der Waals surface area (Å²) < 4.78 is 24.6. The quantitative estimate of drug-likeness (QED) is 0.741. The van der Waals surface area contributed by atoms with Crippen molar-refractivity contribution in [2.75, 3.05) is 19.3 Å². The van der Waals surface area contributed by atoms with Crippen LogP contribution in [0.25, 0.3) is 0 Å². The molecule has 1 rings (SSSR count). The van der Waals surface area contributed by atoms with Crippen molar-refractivity contribution in [1.29, 1.82) is 0 Å². The number of hydrogen-bond acceptors (Lipinski definition) is 3. The lowest BCUT2D eigenvalue weighted by atomic mass is 10.1. The number of alkyl halides is 1. The number of carbonyl (C=O) groups excluding carboxylic acids is 1. The fourth-order valence-corrected chi connectivity index (χ4v) is 2.75. The Kier molecular flexibility index (Phi) is 4.58. The number of sulfonamides is 1. The number of amides is 1. The molecule has 1 amide bonds. The minimum Gasteiger partial charge on any atom is -0.341 e. The Morgan fingerprint density at radius 1 is 1.44 bits per heavy atom. The first-order valence-corrected chi connectivity index (χ1v) is 7.52. The van der Waals surface area contributed by atoms with E-state index in [-0.39, 0.29) is 11.9 Å². The van der Waals surface area contributed by atoms with Gasteiger partial charge in [-0.05, 0) is 19.8 Å². The molecule has 1 N–H and O–H groups in total. The molecule has 0 radical (unpaired) electrons. The summed E-state index contributed by atoms with van der Waals surface area (Å²) >= 11 is 5.70. The number of carbonyl (C=O) groups is 1. The van der Waals surface area contributed by atoms with Gasteiger partial charge >= 0.3 is 0 Å². The van der Waals surface area contributed by atoms with Crippen LogP contribution in [0, 0.1) is 0 Å². The molecule has 1 aliphatic heterocycles. The monoisotopic (exact) mass is 268 g/mol.